The zero-order valence-electron chi connectivity index (χ0n) is 9.74. The molecular weight excluding hydrogens is 296 g/mol. The Kier molecular flexibility index (Phi) is 4.71. The molecule has 0 unspecified atom stereocenters. The maximum atomic E-state index is 4.65. The predicted molar refractivity (Wildman–Crippen MR) is 77.5 cm³/mol. The average Bonchev–Trinajstić information content (AvgIpc) is 2.79. The fourth-order valence-electron chi connectivity index (χ4n) is 1.55. The van der Waals surface area contributed by atoms with Gasteiger partial charge < -0.3 is 5.32 Å². The van der Waals surface area contributed by atoms with Gasteiger partial charge in [0.2, 0.25) is 0 Å². The standard InChI is InChI=1S/C13H15BrN2S/c1-2-15-8-7-13-16-12(9-17-13)10-3-5-11(14)6-4-10/h3-6,9,15H,2,7-8H2,1H3. The first-order valence-electron chi connectivity index (χ1n) is 5.70. The van der Waals surface area contributed by atoms with E-state index >= 15 is 0 Å². The maximum Gasteiger partial charge on any atom is 0.0945 e. The highest BCUT2D eigenvalue weighted by Gasteiger charge is 2.04. The maximum absolute atomic E-state index is 4.65. The third-order valence-electron chi connectivity index (χ3n) is 2.46. The SMILES string of the molecule is CCNCCc1nc(-c2ccc(Br)cc2)cs1. The van der Waals surface area contributed by atoms with Gasteiger partial charge in [0.05, 0.1) is 10.7 Å². The number of aromatic nitrogens is 1. The van der Waals surface area contributed by atoms with Gasteiger partial charge in [-0.05, 0) is 18.7 Å². The van der Waals surface area contributed by atoms with E-state index in [0.717, 1.165) is 29.7 Å². The fourth-order valence-corrected chi connectivity index (χ4v) is 2.62. The third-order valence-corrected chi connectivity index (χ3v) is 3.89. The van der Waals surface area contributed by atoms with Crippen LogP contribution in [0.15, 0.2) is 34.1 Å². The van der Waals surface area contributed by atoms with Crippen molar-refractivity contribution in [2.24, 2.45) is 0 Å². The molecule has 2 rings (SSSR count). The summed E-state index contributed by atoms with van der Waals surface area (Å²) < 4.78 is 1.10. The topological polar surface area (TPSA) is 24.9 Å². The van der Waals surface area contributed by atoms with E-state index in [1.807, 2.05) is 12.1 Å². The van der Waals surface area contributed by atoms with Crippen LogP contribution in [-0.2, 0) is 6.42 Å². The van der Waals surface area contributed by atoms with Gasteiger partial charge in [0.1, 0.15) is 0 Å². The van der Waals surface area contributed by atoms with E-state index in [4.69, 9.17) is 0 Å². The highest BCUT2D eigenvalue weighted by Crippen LogP contribution is 2.23. The molecule has 17 heavy (non-hydrogen) atoms. The van der Waals surface area contributed by atoms with Crippen LogP contribution in [0.4, 0.5) is 0 Å². The Labute approximate surface area is 114 Å². The summed E-state index contributed by atoms with van der Waals surface area (Å²) >= 11 is 5.18. The van der Waals surface area contributed by atoms with Gasteiger partial charge in [-0.2, -0.15) is 0 Å². The van der Waals surface area contributed by atoms with Gasteiger partial charge in [0.25, 0.3) is 0 Å². The highest BCUT2D eigenvalue weighted by molar-refractivity contribution is 9.10. The Morgan fingerprint density at radius 1 is 1.29 bits per heavy atom. The van der Waals surface area contributed by atoms with Gasteiger partial charge in [-0.3, -0.25) is 0 Å². The van der Waals surface area contributed by atoms with Crippen molar-refractivity contribution in [3.8, 4) is 11.3 Å². The van der Waals surface area contributed by atoms with E-state index in [0.29, 0.717) is 0 Å². The van der Waals surface area contributed by atoms with Crippen LogP contribution in [0.25, 0.3) is 11.3 Å². The number of hydrogen-bond donors (Lipinski definition) is 1. The van der Waals surface area contributed by atoms with Gasteiger partial charge in [-0.1, -0.05) is 35.0 Å². The number of hydrogen-bond acceptors (Lipinski definition) is 3. The molecule has 1 N–H and O–H groups in total. The minimum absolute atomic E-state index is 1.00. The lowest BCUT2D eigenvalue weighted by Gasteiger charge is -1.98. The lowest BCUT2D eigenvalue weighted by atomic mass is 10.2. The van der Waals surface area contributed by atoms with Crippen LogP contribution in [-0.4, -0.2) is 18.1 Å². The molecule has 0 atom stereocenters. The molecule has 1 heterocycles. The van der Waals surface area contributed by atoms with Gasteiger partial charge >= 0.3 is 0 Å². The first-order chi connectivity index (χ1) is 8.29. The number of thiazole rings is 1. The minimum Gasteiger partial charge on any atom is -0.317 e. The van der Waals surface area contributed by atoms with Crippen LogP contribution in [0.3, 0.4) is 0 Å². The number of likely N-dealkylation sites (N-methyl/N-ethyl adjacent to an activating group) is 1. The van der Waals surface area contributed by atoms with Crippen molar-refractivity contribution in [3.63, 3.8) is 0 Å². The van der Waals surface area contributed by atoms with Crippen molar-refractivity contribution in [1.82, 2.24) is 10.3 Å². The van der Waals surface area contributed by atoms with E-state index in [1.54, 1.807) is 11.3 Å². The number of nitrogens with zero attached hydrogens (tertiary/aromatic N) is 1. The van der Waals surface area contributed by atoms with Gasteiger partial charge in [-0.15, -0.1) is 11.3 Å². The Morgan fingerprint density at radius 2 is 2.06 bits per heavy atom. The van der Waals surface area contributed by atoms with E-state index in [-0.39, 0.29) is 0 Å². The van der Waals surface area contributed by atoms with Crippen LogP contribution in [0.1, 0.15) is 11.9 Å². The molecule has 1 aromatic heterocycles. The zero-order chi connectivity index (χ0) is 12.1. The Morgan fingerprint density at radius 3 is 2.76 bits per heavy atom. The molecular formula is C13H15BrN2S. The largest absolute Gasteiger partial charge is 0.317 e. The second-order valence-corrected chi connectivity index (χ2v) is 5.60. The Hall–Kier alpha value is -0.710. The Bertz CT molecular complexity index is 465. The summed E-state index contributed by atoms with van der Waals surface area (Å²) in [4.78, 5) is 4.65. The number of halogens is 1. The predicted octanol–water partition coefficient (Wildman–Crippen LogP) is 3.72. The summed E-state index contributed by atoms with van der Waals surface area (Å²) in [5, 5.41) is 6.64. The van der Waals surface area contributed by atoms with Crippen LogP contribution in [0.5, 0.6) is 0 Å². The molecule has 0 fully saturated rings. The van der Waals surface area contributed by atoms with Crippen molar-refractivity contribution in [3.05, 3.63) is 39.1 Å². The van der Waals surface area contributed by atoms with Gasteiger partial charge in [0, 0.05) is 28.4 Å². The summed E-state index contributed by atoms with van der Waals surface area (Å²) in [6.07, 6.45) is 1.01. The third kappa shape index (κ3) is 3.63. The van der Waals surface area contributed by atoms with E-state index in [1.165, 1.54) is 10.6 Å². The second-order valence-electron chi connectivity index (χ2n) is 3.74. The lowest BCUT2D eigenvalue weighted by Crippen LogP contribution is -2.15. The molecule has 0 aliphatic carbocycles. The molecule has 0 amide bonds. The molecule has 0 spiro atoms. The Balaban J connectivity index is 2.04. The lowest BCUT2D eigenvalue weighted by molar-refractivity contribution is 0.714. The van der Waals surface area contributed by atoms with Crippen molar-refractivity contribution in [2.75, 3.05) is 13.1 Å². The number of benzene rings is 1. The molecule has 1 aromatic carbocycles. The van der Waals surface area contributed by atoms with Crippen LogP contribution < -0.4 is 5.32 Å². The molecule has 90 valence electrons. The van der Waals surface area contributed by atoms with E-state index < -0.39 is 0 Å². The summed E-state index contributed by atoms with van der Waals surface area (Å²) in [5.41, 5.74) is 2.26. The van der Waals surface area contributed by atoms with Crippen LogP contribution in [0, 0.1) is 0 Å². The summed E-state index contributed by atoms with van der Waals surface area (Å²) in [5.74, 6) is 0. The number of rotatable bonds is 5. The normalized spacial score (nSPS) is 10.7. The smallest absolute Gasteiger partial charge is 0.0945 e. The van der Waals surface area contributed by atoms with Crippen molar-refractivity contribution in [2.45, 2.75) is 13.3 Å². The van der Waals surface area contributed by atoms with Gasteiger partial charge in [-0.25, -0.2) is 4.98 Å². The number of nitrogens with one attached hydrogen (secondary N) is 1. The van der Waals surface area contributed by atoms with E-state index in [2.05, 4.69) is 50.7 Å². The van der Waals surface area contributed by atoms with Crippen molar-refractivity contribution < 1.29 is 0 Å². The first kappa shape index (κ1) is 12.7. The zero-order valence-corrected chi connectivity index (χ0v) is 12.1. The molecule has 2 aromatic rings. The molecule has 0 saturated carbocycles. The molecule has 2 nitrogen and oxygen atoms in total. The molecule has 0 bridgehead atoms. The average molecular weight is 311 g/mol. The van der Waals surface area contributed by atoms with Gasteiger partial charge in [0.15, 0.2) is 0 Å². The van der Waals surface area contributed by atoms with E-state index in [9.17, 15) is 0 Å². The van der Waals surface area contributed by atoms with Crippen LogP contribution >= 0.6 is 27.3 Å². The molecule has 0 saturated heterocycles. The molecule has 4 heteroatoms. The quantitative estimate of drug-likeness (QED) is 0.851. The molecule has 0 radical (unpaired) electrons. The fraction of sp³-hybridized carbons (Fsp3) is 0.308. The van der Waals surface area contributed by atoms with Crippen molar-refractivity contribution in [1.29, 1.82) is 0 Å². The molecule has 0 aliphatic rings. The highest BCUT2D eigenvalue weighted by atomic mass is 79.9. The van der Waals surface area contributed by atoms with Crippen LogP contribution in [0.2, 0.25) is 0 Å². The summed E-state index contributed by atoms with van der Waals surface area (Å²) in [6, 6.07) is 8.28. The second kappa shape index (κ2) is 6.28. The first-order valence-corrected chi connectivity index (χ1v) is 7.38. The monoisotopic (exact) mass is 310 g/mol. The minimum atomic E-state index is 1.00. The summed E-state index contributed by atoms with van der Waals surface area (Å²) in [6.45, 7) is 4.14. The molecule has 0 aliphatic heterocycles. The van der Waals surface area contributed by atoms with Crippen molar-refractivity contribution >= 4 is 27.3 Å². The summed E-state index contributed by atoms with van der Waals surface area (Å²) in [7, 11) is 0.